The van der Waals surface area contributed by atoms with E-state index in [0.29, 0.717) is 0 Å². The molecule has 0 saturated heterocycles. The molecule has 2 aromatic heterocycles. The van der Waals surface area contributed by atoms with Crippen molar-refractivity contribution < 1.29 is 0 Å². The summed E-state index contributed by atoms with van der Waals surface area (Å²) in [7, 11) is 0. The van der Waals surface area contributed by atoms with Gasteiger partial charge >= 0.3 is 0 Å². The minimum Gasteiger partial charge on any atom is -0.347 e. The molecule has 3 rings (SSSR count). The van der Waals surface area contributed by atoms with Gasteiger partial charge in [-0.2, -0.15) is 0 Å². The predicted molar refractivity (Wildman–Crippen MR) is 92.0 cm³/mol. The standard InChI is InChI=1S/C18H22N2S/c19-11-4-3-6-15-14-20(12-10-16-7-5-13-21-16)18-9-2-1-8-17(15)18/h1-2,5,7-9,13-14H,3-4,6,10-12,19H2. The molecule has 2 heterocycles. The molecule has 110 valence electrons. The summed E-state index contributed by atoms with van der Waals surface area (Å²) < 4.78 is 2.41. The quantitative estimate of drug-likeness (QED) is 0.650. The van der Waals surface area contributed by atoms with Gasteiger partial charge in [0.25, 0.3) is 0 Å². The van der Waals surface area contributed by atoms with E-state index in [1.807, 2.05) is 11.3 Å². The summed E-state index contributed by atoms with van der Waals surface area (Å²) in [6.45, 7) is 1.84. The van der Waals surface area contributed by atoms with E-state index in [1.165, 1.54) is 27.8 Å². The summed E-state index contributed by atoms with van der Waals surface area (Å²) in [5.74, 6) is 0. The number of hydrogen-bond donors (Lipinski definition) is 1. The Morgan fingerprint density at radius 2 is 1.90 bits per heavy atom. The number of para-hydroxylation sites is 1. The molecule has 0 spiro atoms. The highest BCUT2D eigenvalue weighted by Gasteiger charge is 2.08. The van der Waals surface area contributed by atoms with Crippen molar-refractivity contribution in [3.63, 3.8) is 0 Å². The predicted octanol–water partition coefficient (Wildman–Crippen LogP) is 4.23. The SMILES string of the molecule is NCCCCc1cn(CCc2cccs2)c2ccccc12. The second kappa shape index (κ2) is 6.92. The van der Waals surface area contributed by atoms with Crippen molar-refractivity contribution in [1.29, 1.82) is 0 Å². The molecule has 0 atom stereocenters. The second-order valence-electron chi connectivity index (χ2n) is 5.44. The van der Waals surface area contributed by atoms with Crippen LogP contribution >= 0.6 is 11.3 Å². The lowest BCUT2D eigenvalue weighted by molar-refractivity contribution is 0.715. The van der Waals surface area contributed by atoms with Crippen LogP contribution in [-0.2, 0) is 19.4 Å². The molecule has 0 aliphatic heterocycles. The Hall–Kier alpha value is -1.58. The van der Waals surface area contributed by atoms with Gasteiger partial charge in [-0.05, 0) is 55.3 Å². The van der Waals surface area contributed by atoms with E-state index in [-0.39, 0.29) is 0 Å². The van der Waals surface area contributed by atoms with Crippen molar-refractivity contribution in [3.8, 4) is 0 Å². The zero-order valence-electron chi connectivity index (χ0n) is 12.3. The van der Waals surface area contributed by atoms with Crippen molar-refractivity contribution in [3.05, 3.63) is 58.4 Å². The van der Waals surface area contributed by atoms with Gasteiger partial charge in [-0.3, -0.25) is 0 Å². The van der Waals surface area contributed by atoms with E-state index in [2.05, 4.69) is 52.5 Å². The maximum Gasteiger partial charge on any atom is 0.0483 e. The molecule has 1 aromatic carbocycles. The first-order chi connectivity index (χ1) is 10.4. The number of unbranched alkanes of at least 4 members (excludes halogenated alkanes) is 1. The first-order valence-corrected chi connectivity index (χ1v) is 8.55. The van der Waals surface area contributed by atoms with Gasteiger partial charge in [-0.1, -0.05) is 24.3 Å². The van der Waals surface area contributed by atoms with Gasteiger partial charge in [-0.15, -0.1) is 11.3 Å². The summed E-state index contributed by atoms with van der Waals surface area (Å²) in [6, 6.07) is 13.1. The molecule has 2 nitrogen and oxygen atoms in total. The minimum atomic E-state index is 0.789. The van der Waals surface area contributed by atoms with Crippen LogP contribution in [0.25, 0.3) is 10.9 Å². The number of aromatic nitrogens is 1. The first kappa shape index (κ1) is 14.4. The van der Waals surface area contributed by atoms with E-state index in [1.54, 1.807) is 0 Å². The lowest BCUT2D eigenvalue weighted by atomic mass is 10.1. The third kappa shape index (κ3) is 3.36. The molecule has 3 aromatic rings. The first-order valence-electron chi connectivity index (χ1n) is 7.67. The molecular weight excluding hydrogens is 276 g/mol. The molecule has 3 heteroatoms. The highest BCUT2D eigenvalue weighted by atomic mass is 32.1. The summed E-state index contributed by atoms with van der Waals surface area (Å²) in [4.78, 5) is 1.46. The lowest BCUT2D eigenvalue weighted by Crippen LogP contribution is -1.99. The van der Waals surface area contributed by atoms with E-state index in [0.717, 1.165) is 32.4 Å². The number of nitrogens with zero attached hydrogens (tertiary/aromatic N) is 1. The topological polar surface area (TPSA) is 30.9 Å². The van der Waals surface area contributed by atoms with Crippen LogP contribution in [0.1, 0.15) is 23.3 Å². The number of aryl methyl sites for hydroxylation is 3. The number of fused-ring (bicyclic) bond motifs is 1. The fourth-order valence-corrected chi connectivity index (χ4v) is 3.55. The molecule has 21 heavy (non-hydrogen) atoms. The Morgan fingerprint density at radius 3 is 2.71 bits per heavy atom. The van der Waals surface area contributed by atoms with Crippen molar-refractivity contribution in [2.24, 2.45) is 5.73 Å². The Morgan fingerprint density at radius 1 is 1.00 bits per heavy atom. The van der Waals surface area contributed by atoms with Crippen molar-refractivity contribution in [2.45, 2.75) is 32.2 Å². The number of benzene rings is 1. The molecule has 0 unspecified atom stereocenters. The minimum absolute atomic E-state index is 0.789. The maximum atomic E-state index is 5.61. The molecular formula is C18H22N2S. The monoisotopic (exact) mass is 298 g/mol. The van der Waals surface area contributed by atoms with Crippen LogP contribution < -0.4 is 5.73 Å². The van der Waals surface area contributed by atoms with E-state index in [9.17, 15) is 0 Å². The molecule has 0 radical (unpaired) electrons. The average Bonchev–Trinajstić information content (AvgIpc) is 3.14. The highest BCUT2D eigenvalue weighted by molar-refractivity contribution is 7.09. The van der Waals surface area contributed by atoms with Crippen LogP contribution in [0.4, 0.5) is 0 Å². The fraction of sp³-hybridized carbons (Fsp3) is 0.333. The zero-order valence-corrected chi connectivity index (χ0v) is 13.1. The van der Waals surface area contributed by atoms with Gasteiger partial charge in [0.05, 0.1) is 0 Å². The van der Waals surface area contributed by atoms with E-state index < -0.39 is 0 Å². The molecule has 0 bridgehead atoms. The molecule has 0 fully saturated rings. The van der Waals surface area contributed by atoms with Gasteiger partial charge in [0.15, 0.2) is 0 Å². The molecule has 0 saturated carbocycles. The van der Waals surface area contributed by atoms with Crippen LogP contribution in [0.15, 0.2) is 48.0 Å². The van der Waals surface area contributed by atoms with Crippen molar-refractivity contribution in [1.82, 2.24) is 4.57 Å². The van der Waals surface area contributed by atoms with Crippen LogP contribution in [0.3, 0.4) is 0 Å². The third-order valence-corrected chi connectivity index (χ3v) is 4.89. The number of hydrogen-bond acceptors (Lipinski definition) is 2. The van der Waals surface area contributed by atoms with Gasteiger partial charge < -0.3 is 10.3 Å². The summed E-state index contributed by atoms with van der Waals surface area (Å²) in [5.41, 5.74) is 8.43. The average molecular weight is 298 g/mol. The largest absolute Gasteiger partial charge is 0.347 e. The van der Waals surface area contributed by atoms with Crippen LogP contribution in [-0.4, -0.2) is 11.1 Å². The lowest BCUT2D eigenvalue weighted by Gasteiger charge is -2.03. The van der Waals surface area contributed by atoms with Gasteiger partial charge in [0.1, 0.15) is 0 Å². The Kier molecular flexibility index (Phi) is 4.73. The summed E-state index contributed by atoms with van der Waals surface area (Å²) >= 11 is 1.84. The highest BCUT2D eigenvalue weighted by Crippen LogP contribution is 2.23. The number of rotatable bonds is 7. The van der Waals surface area contributed by atoms with Gasteiger partial charge in [0, 0.05) is 28.5 Å². The van der Waals surface area contributed by atoms with E-state index >= 15 is 0 Å². The molecule has 2 N–H and O–H groups in total. The zero-order chi connectivity index (χ0) is 14.5. The van der Waals surface area contributed by atoms with Crippen molar-refractivity contribution in [2.75, 3.05) is 6.54 Å². The Labute approximate surface area is 130 Å². The van der Waals surface area contributed by atoms with Crippen molar-refractivity contribution >= 4 is 22.2 Å². The summed E-state index contributed by atoms with van der Waals surface area (Å²) in [6.07, 6.45) is 6.86. The van der Waals surface area contributed by atoms with E-state index in [4.69, 9.17) is 5.73 Å². The maximum absolute atomic E-state index is 5.61. The Bertz CT molecular complexity index is 682. The third-order valence-electron chi connectivity index (χ3n) is 3.95. The van der Waals surface area contributed by atoms with Crippen LogP contribution in [0.2, 0.25) is 0 Å². The number of nitrogens with two attached hydrogens (primary N) is 1. The molecule has 0 aliphatic rings. The molecule has 0 aliphatic carbocycles. The number of thiophene rings is 1. The fourth-order valence-electron chi connectivity index (χ4n) is 2.85. The smallest absolute Gasteiger partial charge is 0.0483 e. The summed E-state index contributed by atoms with van der Waals surface area (Å²) in [5, 5.41) is 3.56. The van der Waals surface area contributed by atoms with Gasteiger partial charge in [0.2, 0.25) is 0 Å². The molecule has 0 amide bonds. The normalized spacial score (nSPS) is 11.3. The second-order valence-corrected chi connectivity index (χ2v) is 6.47. The van der Waals surface area contributed by atoms with Crippen LogP contribution in [0, 0.1) is 0 Å². The Balaban J connectivity index is 1.80. The van der Waals surface area contributed by atoms with Gasteiger partial charge in [-0.25, -0.2) is 0 Å². The van der Waals surface area contributed by atoms with Crippen LogP contribution in [0.5, 0.6) is 0 Å².